The van der Waals surface area contributed by atoms with Crippen LogP contribution in [0.5, 0.6) is 5.75 Å². The van der Waals surface area contributed by atoms with Gasteiger partial charge in [0.15, 0.2) is 5.65 Å². The van der Waals surface area contributed by atoms with Gasteiger partial charge in [-0.05, 0) is 18.6 Å². The number of hydrazine groups is 1. The normalized spacial score (nSPS) is 10.8. The largest absolute Gasteiger partial charge is 0.496 e. The Balaban J connectivity index is 2.21. The molecule has 6 heteroatoms. The van der Waals surface area contributed by atoms with Gasteiger partial charge in [-0.25, -0.2) is 10.8 Å². The number of nitrogens with zero attached hydrogens (tertiary/aromatic N) is 3. The lowest BCUT2D eigenvalue weighted by molar-refractivity contribution is 0.416. The van der Waals surface area contributed by atoms with Gasteiger partial charge in [0.05, 0.1) is 12.8 Å². The lowest BCUT2D eigenvalue weighted by atomic mass is 10.1. The first kappa shape index (κ1) is 13.4. The molecule has 3 aromatic rings. The van der Waals surface area contributed by atoms with Crippen LogP contribution in [0.1, 0.15) is 12.6 Å². The first-order valence-corrected chi connectivity index (χ1v) is 6.76. The van der Waals surface area contributed by atoms with Crippen LogP contribution in [0.3, 0.4) is 0 Å². The summed E-state index contributed by atoms with van der Waals surface area (Å²) in [4.78, 5) is 4.57. The van der Waals surface area contributed by atoms with Crippen LogP contribution in [0.4, 0.5) is 5.82 Å². The third-order valence-electron chi connectivity index (χ3n) is 3.37. The van der Waals surface area contributed by atoms with Crippen molar-refractivity contribution < 1.29 is 4.74 Å². The zero-order valence-electron chi connectivity index (χ0n) is 12.0. The molecule has 0 atom stereocenters. The zero-order valence-corrected chi connectivity index (χ0v) is 12.0. The number of rotatable bonds is 4. The van der Waals surface area contributed by atoms with Gasteiger partial charge in [0.25, 0.3) is 0 Å². The summed E-state index contributed by atoms with van der Waals surface area (Å²) in [5.41, 5.74) is 6.10. The van der Waals surface area contributed by atoms with E-state index in [-0.39, 0.29) is 0 Å². The Morgan fingerprint density at radius 3 is 2.81 bits per heavy atom. The number of hydrogen-bond acceptors (Lipinski definition) is 5. The number of ether oxygens (including phenoxy) is 1. The van der Waals surface area contributed by atoms with Crippen molar-refractivity contribution in [1.82, 2.24) is 14.6 Å². The van der Waals surface area contributed by atoms with Crippen molar-refractivity contribution >= 4 is 11.5 Å². The fourth-order valence-corrected chi connectivity index (χ4v) is 2.30. The molecule has 0 unspecified atom stereocenters. The molecule has 6 nitrogen and oxygen atoms in total. The van der Waals surface area contributed by atoms with Crippen molar-refractivity contribution in [3.05, 3.63) is 42.1 Å². The zero-order chi connectivity index (χ0) is 14.8. The van der Waals surface area contributed by atoms with Crippen molar-refractivity contribution in [1.29, 1.82) is 0 Å². The lowest BCUT2D eigenvalue weighted by Crippen LogP contribution is -2.12. The maximum absolute atomic E-state index is 5.58. The van der Waals surface area contributed by atoms with Crippen molar-refractivity contribution in [2.24, 2.45) is 5.84 Å². The molecule has 0 saturated heterocycles. The summed E-state index contributed by atoms with van der Waals surface area (Å²) in [6.07, 6.45) is 0.834. The Morgan fingerprint density at radius 1 is 1.29 bits per heavy atom. The van der Waals surface area contributed by atoms with E-state index in [9.17, 15) is 0 Å². The molecule has 2 aromatic heterocycles. The van der Waals surface area contributed by atoms with Crippen molar-refractivity contribution in [2.75, 3.05) is 12.5 Å². The molecule has 0 aliphatic rings. The summed E-state index contributed by atoms with van der Waals surface area (Å²) in [5.74, 6) is 7.06. The summed E-state index contributed by atoms with van der Waals surface area (Å²) in [5, 5.41) is 4.57. The highest BCUT2D eigenvalue weighted by Crippen LogP contribution is 2.29. The molecule has 0 aliphatic carbocycles. The van der Waals surface area contributed by atoms with E-state index in [4.69, 9.17) is 10.6 Å². The minimum atomic E-state index is 0.706. The van der Waals surface area contributed by atoms with Crippen molar-refractivity contribution in [2.45, 2.75) is 13.3 Å². The summed E-state index contributed by atoms with van der Waals surface area (Å²) < 4.78 is 7.08. The third-order valence-corrected chi connectivity index (χ3v) is 3.37. The first-order valence-electron chi connectivity index (χ1n) is 6.76. The highest BCUT2D eigenvalue weighted by molar-refractivity contribution is 5.71. The first-order chi connectivity index (χ1) is 10.3. The van der Waals surface area contributed by atoms with Gasteiger partial charge in [0.2, 0.25) is 0 Å². The second-order valence-corrected chi connectivity index (χ2v) is 4.63. The van der Waals surface area contributed by atoms with Gasteiger partial charge in [0.1, 0.15) is 11.6 Å². The van der Waals surface area contributed by atoms with Crippen LogP contribution >= 0.6 is 0 Å². The number of aromatic nitrogens is 3. The van der Waals surface area contributed by atoms with E-state index in [0.717, 1.165) is 34.8 Å². The average Bonchev–Trinajstić information content (AvgIpc) is 2.97. The van der Waals surface area contributed by atoms with Gasteiger partial charge in [-0.3, -0.25) is 0 Å². The standard InChI is InChI=1S/C15H17N5O/c1-3-10-8-15(18-16)20-14(17-10)9-12(19-20)11-6-4-5-7-13(11)21-2/h4-9,18H,3,16H2,1-2H3. The molecule has 0 radical (unpaired) electrons. The third kappa shape index (κ3) is 2.30. The van der Waals surface area contributed by atoms with Gasteiger partial charge in [-0.15, -0.1) is 0 Å². The molecule has 0 bridgehead atoms. The number of nitrogens with two attached hydrogens (primary N) is 1. The maximum atomic E-state index is 5.58. The Bertz CT molecular complexity index is 781. The molecule has 0 aliphatic heterocycles. The van der Waals surface area contributed by atoms with E-state index in [1.165, 1.54) is 0 Å². The molecule has 0 saturated carbocycles. The SMILES string of the molecule is CCc1cc(NN)n2nc(-c3ccccc3OC)cc2n1. The van der Waals surface area contributed by atoms with Crippen LogP contribution in [-0.4, -0.2) is 21.7 Å². The number of fused-ring (bicyclic) bond motifs is 1. The van der Waals surface area contributed by atoms with Crippen LogP contribution in [-0.2, 0) is 6.42 Å². The molecule has 0 amide bonds. The molecular formula is C15H17N5O. The second-order valence-electron chi connectivity index (χ2n) is 4.63. The van der Waals surface area contributed by atoms with Crippen LogP contribution < -0.4 is 16.0 Å². The second kappa shape index (κ2) is 5.41. The molecule has 1 aromatic carbocycles. The maximum Gasteiger partial charge on any atom is 0.158 e. The number of anilines is 1. The average molecular weight is 283 g/mol. The van der Waals surface area contributed by atoms with E-state index in [1.807, 2.05) is 36.4 Å². The summed E-state index contributed by atoms with van der Waals surface area (Å²) in [6, 6.07) is 11.6. The van der Waals surface area contributed by atoms with Gasteiger partial charge in [0, 0.05) is 23.4 Å². The highest BCUT2D eigenvalue weighted by Gasteiger charge is 2.12. The number of aryl methyl sites for hydroxylation is 1. The molecule has 2 heterocycles. The predicted molar refractivity (Wildman–Crippen MR) is 82.2 cm³/mol. The van der Waals surface area contributed by atoms with Crippen LogP contribution in [0, 0.1) is 0 Å². The topological polar surface area (TPSA) is 77.5 Å². The summed E-state index contributed by atoms with van der Waals surface area (Å²) >= 11 is 0. The van der Waals surface area contributed by atoms with E-state index >= 15 is 0 Å². The molecule has 21 heavy (non-hydrogen) atoms. The minimum absolute atomic E-state index is 0.706. The van der Waals surface area contributed by atoms with Gasteiger partial charge < -0.3 is 10.2 Å². The quantitative estimate of drug-likeness (QED) is 0.567. The van der Waals surface area contributed by atoms with E-state index in [2.05, 4.69) is 22.4 Å². The number of hydrogen-bond donors (Lipinski definition) is 2. The number of nitrogens with one attached hydrogen (secondary N) is 1. The summed E-state index contributed by atoms with van der Waals surface area (Å²) in [6.45, 7) is 2.05. The van der Waals surface area contributed by atoms with Gasteiger partial charge in [-0.1, -0.05) is 19.1 Å². The lowest BCUT2D eigenvalue weighted by Gasteiger charge is -2.05. The van der Waals surface area contributed by atoms with E-state index < -0.39 is 0 Å². The number of benzene rings is 1. The minimum Gasteiger partial charge on any atom is -0.496 e. The predicted octanol–water partition coefficient (Wildman–Crippen LogP) is 2.25. The van der Waals surface area contributed by atoms with Gasteiger partial charge in [-0.2, -0.15) is 9.61 Å². The number of para-hydroxylation sites is 1. The highest BCUT2D eigenvalue weighted by atomic mass is 16.5. The van der Waals surface area contributed by atoms with E-state index in [0.29, 0.717) is 5.82 Å². The number of methoxy groups -OCH3 is 1. The van der Waals surface area contributed by atoms with Crippen molar-refractivity contribution in [3.63, 3.8) is 0 Å². The molecule has 108 valence electrons. The smallest absolute Gasteiger partial charge is 0.158 e. The summed E-state index contributed by atoms with van der Waals surface area (Å²) in [7, 11) is 1.65. The molecule has 3 rings (SSSR count). The Hall–Kier alpha value is -2.60. The van der Waals surface area contributed by atoms with E-state index in [1.54, 1.807) is 11.6 Å². The van der Waals surface area contributed by atoms with Crippen molar-refractivity contribution in [3.8, 4) is 17.0 Å². The van der Waals surface area contributed by atoms with Crippen LogP contribution in [0.15, 0.2) is 36.4 Å². The molecular weight excluding hydrogens is 266 g/mol. The Labute approximate surface area is 122 Å². The number of nitrogen functional groups attached to an aromatic ring is 1. The molecule has 0 fully saturated rings. The molecule has 0 spiro atoms. The van der Waals surface area contributed by atoms with Crippen LogP contribution in [0.25, 0.3) is 16.9 Å². The Morgan fingerprint density at radius 2 is 2.10 bits per heavy atom. The Kier molecular flexibility index (Phi) is 3.45. The monoisotopic (exact) mass is 283 g/mol. The molecule has 3 N–H and O–H groups in total. The van der Waals surface area contributed by atoms with Gasteiger partial charge >= 0.3 is 0 Å². The fourth-order valence-electron chi connectivity index (χ4n) is 2.30. The van der Waals surface area contributed by atoms with Crippen LogP contribution in [0.2, 0.25) is 0 Å². The fraction of sp³-hybridized carbons (Fsp3) is 0.200.